The van der Waals surface area contributed by atoms with Gasteiger partial charge < -0.3 is 4.90 Å². The molecule has 112 valence electrons. The van der Waals surface area contributed by atoms with Crippen LogP contribution in [-0.2, 0) is 0 Å². The topological polar surface area (TPSA) is 20.3 Å². The van der Waals surface area contributed by atoms with Gasteiger partial charge in [-0.3, -0.25) is 4.79 Å². The molecule has 0 saturated carbocycles. The lowest BCUT2D eigenvalue weighted by molar-refractivity contribution is 0.0631. The van der Waals surface area contributed by atoms with Gasteiger partial charge in [0, 0.05) is 24.0 Å². The molecule has 0 spiro atoms. The number of hydrogen-bond acceptors (Lipinski definition) is 1. The van der Waals surface area contributed by atoms with Gasteiger partial charge in [-0.05, 0) is 29.9 Å². The van der Waals surface area contributed by atoms with E-state index in [1.54, 1.807) is 36.2 Å². The molecule has 0 aliphatic carbocycles. The highest BCUT2D eigenvalue weighted by Crippen LogP contribution is 2.27. The average molecular weight is 287 g/mol. The quantitative estimate of drug-likeness (QED) is 0.797. The van der Waals surface area contributed by atoms with Crippen molar-refractivity contribution in [2.24, 2.45) is 5.41 Å². The summed E-state index contributed by atoms with van der Waals surface area (Å²) in [6.45, 7) is 8.34. The van der Waals surface area contributed by atoms with Gasteiger partial charge in [-0.2, -0.15) is 0 Å². The van der Waals surface area contributed by atoms with Crippen molar-refractivity contribution in [3.8, 4) is 0 Å². The summed E-state index contributed by atoms with van der Waals surface area (Å²) < 4.78 is 13.9. The fourth-order valence-electron chi connectivity index (χ4n) is 2.40. The zero-order valence-electron chi connectivity index (χ0n) is 13.3. The van der Waals surface area contributed by atoms with Crippen LogP contribution in [-0.4, -0.2) is 23.9 Å². The number of rotatable bonds is 2. The fraction of sp³-hybridized carbons (Fsp3) is 0.389. The molecule has 0 N–H and O–H groups in total. The molecule has 0 aliphatic rings. The lowest BCUT2D eigenvalue weighted by atomic mass is 9.86. The van der Waals surface area contributed by atoms with Crippen molar-refractivity contribution < 1.29 is 9.18 Å². The number of nitrogens with zero attached hydrogens (tertiary/aromatic N) is 1. The molecule has 1 atom stereocenters. The average Bonchev–Trinajstić information content (AvgIpc) is 2.45. The van der Waals surface area contributed by atoms with Gasteiger partial charge in [-0.15, -0.1) is 0 Å². The molecule has 2 aromatic rings. The van der Waals surface area contributed by atoms with Gasteiger partial charge in [-0.1, -0.05) is 45.0 Å². The Hall–Kier alpha value is -1.90. The minimum Gasteiger partial charge on any atom is -0.338 e. The van der Waals surface area contributed by atoms with Crippen molar-refractivity contribution in [2.45, 2.75) is 33.7 Å². The normalized spacial score (nSPS) is 13.2. The Bertz CT molecular complexity index is 672. The van der Waals surface area contributed by atoms with Crippen LogP contribution in [0.4, 0.5) is 4.39 Å². The molecule has 2 nitrogen and oxygen atoms in total. The summed E-state index contributed by atoms with van der Waals surface area (Å²) in [5.74, 6) is -0.373. The van der Waals surface area contributed by atoms with Crippen LogP contribution in [0.2, 0.25) is 0 Å². The second kappa shape index (κ2) is 5.47. The van der Waals surface area contributed by atoms with Gasteiger partial charge >= 0.3 is 0 Å². The van der Waals surface area contributed by atoms with Crippen molar-refractivity contribution in [3.05, 3.63) is 47.8 Å². The predicted molar refractivity (Wildman–Crippen MR) is 84.9 cm³/mol. The Labute approximate surface area is 125 Å². The molecule has 2 aromatic carbocycles. The number of amides is 1. The maximum Gasteiger partial charge on any atom is 0.254 e. The minimum atomic E-state index is -0.298. The lowest BCUT2D eigenvalue weighted by Gasteiger charge is -2.35. The molecule has 0 heterocycles. The Kier molecular flexibility index (Phi) is 4.04. The first-order chi connectivity index (χ1) is 9.73. The Morgan fingerprint density at radius 2 is 1.67 bits per heavy atom. The van der Waals surface area contributed by atoms with Gasteiger partial charge in [0.2, 0.25) is 0 Å². The van der Waals surface area contributed by atoms with Gasteiger partial charge in [-0.25, -0.2) is 4.39 Å². The molecular weight excluding hydrogens is 265 g/mol. The van der Waals surface area contributed by atoms with E-state index in [1.165, 1.54) is 6.07 Å². The highest BCUT2D eigenvalue weighted by Gasteiger charge is 2.28. The summed E-state index contributed by atoms with van der Waals surface area (Å²) in [5.41, 5.74) is 0.533. The number of hydrogen-bond donors (Lipinski definition) is 0. The number of halogens is 1. The third-order valence-corrected chi connectivity index (χ3v) is 4.26. The zero-order chi connectivity index (χ0) is 15.8. The van der Waals surface area contributed by atoms with Crippen molar-refractivity contribution in [1.29, 1.82) is 0 Å². The van der Waals surface area contributed by atoms with Crippen LogP contribution < -0.4 is 0 Å². The molecule has 0 saturated heterocycles. The minimum absolute atomic E-state index is 0.0136. The van der Waals surface area contributed by atoms with Crippen molar-refractivity contribution in [3.63, 3.8) is 0 Å². The second-order valence-electron chi connectivity index (χ2n) is 6.60. The first kappa shape index (κ1) is 15.5. The molecule has 0 radical (unpaired) electrons. The fourth-order valence-corrected chi connectivity index (χ4v) is 2.40. The monoisotopic (exact) mass is 287 g/mol. The van der Waals surface area contributed by atoms with E-state index in [-0.39, 0.29) is 23.2 Å². The maximum atomic E-state index is 13.9. The maximum absolute atomic E-state index is 13.9. The summed E-state index contributed by atoms with van der Waals surface area (Å²) in [6.07, 6.45) is 0. The van der Waals surface area contributed by atoms with E-state index in [4.69, 9.17) is 0 Å². The summed E-state index contributed by atoms with van der Waals surface area (Å²) >= 11 is 0. The molecular formula is C18H22FNO. The molecule has 21 heavy (non-hydrogen) atoms. The molecule has 0 fully saturated rings. The summed E-state index contributed by atoms with van der Waals surface area (Å²) in [6, 6.07) is 10.1. The molecule has 0 aromatic heterocycles. The van der Waals surface area contributed by atoms with Crippen LogP contribution in [0.15, 0.2) is 36.4 Å². The molecule has 0 aliphatic heterocycles. The van der Waals surface area contributed by atoms with Gasteiger partial charge in [0.1, 0.15) is 5.82 Å². The SMILES string of the molecule is CC(N(C)C(=O)c1ccc(F)c2ccccc12)C(C)(C)C. The third-order valence-electron chi connectivity index (χ3n) is 4.26. The van der Waals surface area contributed by atoms with E-state index in [1.807, 2.05) is 13.0 Å². The molecule has 3 heteroatoms. The van der Waals surface area contributed by atoms with Crippen LogP contribution in [0.3, 0.4) is 0 Å². The van der Waals surface area contributed by atoms with E-state index in [9.17, 15) is 9.18 Å². The zero-order valence-corrected chi connectivity index (χ0v) is 13.3. The van der Waals surface area contributed by atoms with Crippen molar-refractivity contribution >= 4 is 16.7 Å². The summed E-state index contributed by atoms with van der Waals surface area (Å²) in [4.78, 5) is 14.5. The van der Waals surface area contributed by atoms with E-state index in [2.05, 4.69) is 20.8 Å². The van der Waals surface area contributed by atoms with Crippen LogP contribution in [0.25, 0.3) is 10.8 Å². The third kappa shape index (κ3) is 2.92. The highest BCUT2D eigenvalue weighted by molar-refractivity contribution is 6.07. The number of carbonyl (C=O) groups excluding carboxylic acids is 1. The Morgan fingerprint density at radius 3 is 2.24 bits per heavy atom. The van der Waals surface area contributed by atoms with Crippen LogP contribution in [0, 0.1) is 11.2 Å². The van der Waals surface area contributed by atoms with E-state index in [0.29, 0.717) is 16.3 Å². The van der Waals surface area contributed by atoms with Crippen LogP contribution >= 0.6 is 0 Å². The Balaban J connectivity index is 2.48. The molecule has 0 bridgehead atoms. The summed E-state index contributed by atoms with van der Waals surface area (Å²) in [5, 5.41) is 1.15. The first-order valence-corrected chi connectivity index (χ1v) is 7.18. The summed E-state index contributed by atoms with van der Waals surface area (Å²) in [7, 11) is 1.80. The number of fused-ring (bicyclic) bond motifs is 1. The molecule has 1 amide bonds. The number of benzene rings is 2. The lowest BCUT2D eigenvalue weighted by Crippen LogP contribution is -2.43. The highest BCUT2D eigenvalue weighted by atomic mass is 19.1. The van der Waals surface area contributed by atoms with Crippen molar-refractivity contribution in [1.82, 2.24) is 4.90 Å². The molecule has 2 rings (SSSR count). The van der Waals surface area contributed by atoms with Gasteiger partial charge in [0.15, 0.2) is 0 Å². The van der Waals surface area contributed by atoms with Crippen molar-refractivity contribution in [2.75, 3.05) is 7.05 Å². The van der Waals surface area contributed by atoms with E-state index in [0.717, 1.165) is 0 Å². The van der Waals surface area contributed by atoms with E-state index < -0.39 is 0 Å². The first-order valence-electron chi connectivity index (χ1n) is 7.18. The van der Waals surface area contributed by atoms with Crippen LogP contribution in [0.5, 0.6) is 0 Å². The standard InChI is InChI=1S/C18H22FNO/c1-12(18(2,3)4)20(5)17(21)15-10-11-16(19)14-9-7-6-8-13(14)15/h6-12H,1-5H3. The van der Waals surface area contributed by atoms with Gasteiger partial charge in [0.25, 0.3) is 5.91 Å². The van der Waals surface area contributed by atoms with E-state index >= 15 is 0 Å². The Morgan fingerprint density at radius 1 is 1.10 bits per heavy atom. The largest absolute Gasteiger partial charge is 0.338 e. The van der Waals surface area contributed by atoms with Crippen LogP contribution in [0.1, 0.15) is 38.1 Å². The second-order valence-corrected chi connectivity index (χ2v) is 6.60. The predicted octanol–water partition coefficient (Wildman–Crippen LogP) is 4.49. The smallest absolute Gasteiger partial charge is 0.254 e. The number of carbonyl (C=O) groups is 1. The van der Waals surface area contributed by atoms with Gasteiger partial charge in [0.05, 0.1) is 0 Å². The molecule has 1 unspecified atom stereocenters.